The summed E-state index contributed by atoms with van der Waals surface area (Å²) in [6, 6.07) is 4.01. The molecule has 3 nitrogen and oxygen atoms in total. The van der Waals surface area contributed by atoms with Crippen molar-refractivity contribution in [2.75, 3.05) is 0 Å². The largest absolute Gasteiger partial charge is 0.357 e. The maximum Gasteiger partial charge on any atom is 0.111 e. The number of nitrogens with one attached hydrogen (secondary N) is 1. The molecule has 0 aromatic carbocycles. The highest BCUT2D eigenvalue weighted by Gasteiger charge is 1.99. The fourth-order valence-corrected chi connectivity index (χ4v) is 1.33. The first-order chi connectivity index (χ1) is 5.90. The van der Waals surface area contributed by atoms with Gasteiger partial charge in [0.15, 0.2) is 0 Å². The van der Waals surface area contributed by atoms with Crippen molar-refractivity contribution in [1.29, 1.82) is 0 Å². The van der Waals surface area contributed by atoms with Gasteiger partial charge in [0.05, 0.1) is 11.7 Å². The molecular weight excluding hydrogens is 150 g/mol. The zero-order chi connectivity index (χ0) is 8.39. The second-order valence-corrected chi connectivity index (χ2v) is 2.87. The highest BCUT2D eigenvalue weighted by molar-refractivity contribution is 5.74. The lowest BCUT2D eigenvalue weighted by molar-refractivity contribution is 0.896. The Morgan fingerprint density at radius 1 is 1.50 bits per heavy atom. The van der Waals surface area contributed by atoms with Crippen LogP contribution in [0.3, 0.4) is 0 Å². The molecular formula is C9H11N3. The van der Waals surface area contributed by atoms with Crippen molar-refractivity contribution in [3.63, 3.8) is 0 Å². The molecule has 1 N–H and O–H groups in total. The normalized spacial score (nSPS) is 10.8. The molecule has 0 aliphatic rings. The summed E-state index contributed by atoms with van der Waals surface area (Å²) < 4.78 is 0. The highest BCUT2D eigenvalue weighted by atomic mass is 15.1. The maximum atomic E-state index is 4.00. The number of aromatic amines is 1. The number of aryl methyl sites for hydroxylation is 1. The quantitative estimate of drug-likeness (QED) is 0.731. The molecule has 2 rings (SSSR count). The third kappa shape index (κ3) is 1.18. The van der Waals surface area contributed by atoms with Gasteiger partial charge in [-0.3, -0.25) is 0 Å². The minimum Gasteiger partial charge on any atom is -0.357 e. The first-order valence-electron chi connectivity index (χ1n) is 4.19. The Balaban J connectivity index is 2.47. The van der Waals surface area contributed by atoms with Crippen LogP contribution < -0.4 is 0 Å². The number of nitrogens with zero attached hydrogens (tertiary/aromatic N) is 2. The number of rotatable bonds is 2. The summed E-state index contributed by atoms with van der Waals surface area (Å²) in [4.78, 5) is 3.29. The van der Waals surface area contributed by atoms with E-state index in [9.17, 15) is 0 Å². The van der Waals surface area contributed by atoms with E-state index in [1.165, 1.54) is 5.69 Å². The van der Waals surface area contributed by atoms with E-state index in [4.69, 9.17) is 0 Å². The Morgan fingerprint density at radius 2 is 2.42 bits per heavy atom. The van der Waals surface area contributed by atoms with Crippen LogP contribution in [0.2, 0.25) is 0 Å². The monoisotopic (exact) mass is 161 g/mol. The molecule has 0 spiro atoms. The summed E-state index contributed by atoms with van der Waals surface area (Å²) in [5.74, 6) is 0. The van der Waals surface area contributed by atoms with Crippen LogP contribution in [0.5, 0.6) is 0 Å². The topological polar surface area (TPSA) is 41.6 Å². The van der Waals surface area contributed by atoms with Gasteiger partial charge in [-0.25, -0.2) is 0 Å². The standard InChI is InChI=1S/C9H11N3/c1-2-3-7-6-9-8(11-7)4-5-10-12-9/h4-6,11H,2-3H2,1H3. The molecule has 62 valence electrons. The molecule has 0 atom stereocenters. The number of aromatic nitrogens is 3. The van der Waals surface area contributed by atoms with Crippen LogP contribution in [0.4, 0.5) is 0 Å². The van der Waals surface area contributed by atoms with Crippen molar-refractivity contribution in [3.8, 4) is 0 Å². The lowest BCUT2D eigenvalue weighted by atomic mass is 10.2. The van der Waals surface area contributed by atoms with Gasteiger partial charge in [-0.1, -0.05) is 13.3 Å². The van der Waals surface area contributed by atoms with Crippen LogP contribution in [0.15, 0.2) is 18.3 Å². The summed E-state index contributed by atoms with van der Waals surface area (Å²) in [5.41, 5.74) is 3.28. The van der Waals surface area contributed by atoms with E-state index in [2.05, 4.69) is 28.2 Å². The summed E-state index contributed by atoms with van der Waals surface area (Å²) in [6.45, 7) is 2.16. The fourth-order valence-electron chi connectivity index (χ4n) is 1.33. The first-order valence-corrected chi connectivity index (χ1v) is 4.19. The predicted octanol–water partition coefficient (Wildman–Crippen LogP) is 1.91. The van der Waals surface area contributed by atoms with Crippen LogP contribution in [-0.2, 0) is 6.42 Å². The lowest BCUT2D eigenvalue weighted by Gasteiger charge is -1.88. The summed E-state index contributed by atoms with van der Waals surface area (Å²) in [5, 5.41) is 7.82. The Bertz CT molecular complexity index is 345. The maximum absolute atomic E-state index is 4.00. The average Bonchev–Trinajstić information content (AvgIpc) is 2.47. The fraction of sp³-hybridized carbons (Fsp3) is 0.333. The van der Waals surface area contributed by atoms with Crippen molar-refractivity contribution in [2.45, 2.75) is 19.8 Å². The van der Waals surface area contributed by atoms with Gasteiger partial charge in [-0.05, 0) is 18.6 Å². The van der Waals surface area contributed by atoms with Crippen molar-refractivity contribution < 1.29 is 0 Å². The van der Waals surface area contributed by atoms with E-state index in [0.29, 0.717) is 0 Å². The van der Waals surface area contributed by atoms with E-state index in [-0.39, 0.29) is 0 Å². The first kappa shape index (κ1) is 7.28. The number of hydrogen-bond acceptors (Lipinski definition) is 2. The highest BCUT2D eigenvalue weighted by Crippen LogP contribution is 2.11. The molecule has 2 aromatic rings. The van der Waals surface area contributed by atoms with Gasteiger partial charge in [0.1, 0.15) is 5.52 Å². The van der Waals surface area contributed by atoms with Crippen LogP contribution in [-0.4, -0.2) is 15.2 Å². The molecule has 0 aliphatic heterocycles. The second kappa shape index (κ2) is 2.93. The zero-order valence-corrected chi connectivity index (χ0v) is 7.04. The summed E-state index contributed by atoms with van der Waals surface area (Å²) in [7, 11) is 0. The average molecular weight is 161 g/mol. The molecule has 0 radical (unpaired) electrons. The van der Waals surface area contributed by atoms with Gasteiger partial charge < -0.3 is 4.98 Å². The minimum atomic E-state index is 0.959. The molecule has 0 saturated carbocycles. The predicted molar refractivity (Wildman–Crippen MR) is 47.9 cm³/mol. The number of fused-ring (bicyclic) bond motifs is 1. The molecule has 0 unspecified atom stereocenters. The zero-order valence-electron chi connectivity index (χ0n) is 7.04. The third-order valence-corrected chi connectivity index (χ3v) is 1.87. The van der Waals surface area contributed by atoms with Gasteiger partial charge in [0.2, 0.25) is 0 Å². The van der Waals surface area contributed by atoms with E-state index in [1.807, 2.05) is 6.07 Å². The number of H-pyrrole nitrogens is 1. The molecule has 0 bridgehead atoms. The van der Waals surface area contributed by atoms with E-state index < -0.39 is 0 Å². The van der Waals surface area contributed by atoms with E-state index in [1.54, 1.807) is 6.20 Å². The van der Waals surface area contributed by atoms with E-state index in [0.717, 1.165) is 23.9 Å². The van der Waals surface area contributed by atoms with Crippen molar-refractivity contribution in [3.05, 3.63) is 24.0 Å². The van der Waals surface area contributed by atoms with Gasteiger partial charge in [-0.2, -0.15) is 5.10 Å². The summed E-state index contributed by atoms with van der Waals surface area (Å²) >= 11 is 0. The molecule has 0 fully saturated rings. The van der Waals surface area contributed by atoms with Gasteiger partial charge in [-0.15, -0.1) is 5.10 Å². The molecule has 2 heterocycles. The van der Waals surface area contributed by atoms with Crippen LogP contribution in [0.25, 0.3) is 11.0 Å². The third-order valence-electron chi connectivity index (χ3n) is 1.87. The summed E-state index contributed by atoms with van der Waals surface area (Å²) in [6.07, 6.45) is 3.94. The Kier molecular flexibility index (Phi) is 1.78. The molecule has 2 aromatic heterocycles. The van der Waals surface area contributed by atoms with Crippen molar-refractivity contribution in [1.82, 2.24) is 15.2 Å². The van der Waals surface area contributed by atoms with E-state index >= 15 is 0 Å². The molecule has 3 heteroatoms. The Morgan fingerprint density at radius 3 is 3.17 bits per heavy atom. The van der Waals surface area contributed by atoms with Gasteiger partial charge in [0, 0.05) is 5.69 Å². The SMILES string of the molecule is CCCc1cc2nnccc2[nH]1. The molecule has 0 aliphatic carbocycles. The minimum absolute atomic E-state index is 0.959. The Labute approximate surface area is 70.8 Å². The van der Waals surface area contributed by atoms with Crippen molar-refractivity contribution in [2.24, 2.45) is 0 Å². The lowest BCUT2D eigenvalue weighted by Crippen LogP contribution is -1.79. The molecule has 12 heavy (non-hydrogen) atoms. The smallest absolute Gasteiger partial charge is 0.111 e. The van der Waals surface area contributed by atoms with Crippen LogP contribution in [0, 0.1) is 0 Å². The molecule has 0 saturated heterocycles. The van der Waals surface area contributed by atoms with Crippen LogP contribution in [0.1, 0.15) is 19.0 Å². The second-order valence-electron chi connectivity index (χ2n) is 2.87. The van der Waals surface area contributed by atoms with Gasteiger partial charge in [0.25, 0.3) is 0 Å². The number of hydrogen-bond donors (Lipinski definition) is 1. The van der Waals surface area contributed by atoms with Crippen LogP contribution >= 0.6 is 0 Å². The molecule has 0 amide bonds. The van der Waals surface area contributed by atoms with Gasteiger partial charge >= 0.3 is 0 Å². The van der Waals surface area contributed by atoms with Crippen molar-refractivity contribution >= 4 is 11.0 Å². The Hall–Kier alpha value is -1.38.